The number of ketones is 3. The molecule has 0 amide bonds. The predicted octanol–water partition coefficient (Wildman–Crippen LogP) is 4.29. The molecule has 0 aliphatic heterocycles. The fraction of sp³-hybridized carbons (Fsp3) is 0.692. The summed E-state index contributed by atoms with van der Waals surface area (Å²) in [6.45, 7) is 7.87. The molecule has 0 aromatic carbocycles. The zero-order valence-corrected chi connectivity index (χ0v) is 19.0. The first-order valence-corrected chi connectivity index (χ1v) is 11.8. The van der Waals surface area contributed by atoms with E-state index in [1.54, 1.807) is 13.8 Å². The average molecular weight is 425 g/mol. The highest BCUT2D eigenvalue weighted by molar-refractivity contribution is 6.21. The predicted molar refractivity (Wildman–Crippen MR) is 114 cm³/mol. The molecular formula is C26H32O5. The van der Waals surface area contributed by atoms with Gasteiger partial charge in [-0.05, 0) is 73.8 Å². The van der Waals surface area contributed by atoms with Crippen LogP contribution in [0.4, 0.5) is 0 Å². The van der Waals surface area contributed by atoms with E-state index in [0.29, 0.717) is 19.3 Å². The molecule has 4 unspecified atom stereocenters. The van der Waals surface area contributed by atoms with Crippen molar-refractivity contribution >= 4 is 23.3 Å². The van der Waals surface area contributed by atoms with Gasteiger partial charge >= 0.3 is 5.97 Å². The van der Waals surface area contributed by atoms with Crippen molar-refractivity contribution in [3.05, 3.63) is 22.8 Å². The Hall–Kier alpha value is -2.04. The van der Waals surface area contributed by atoms with E-state index < -0.39 is 17.3 Å². The summed E-state index contributed by atoms with van der Waals surface area (Å²) in [5.41, 5.74) is 0.795. The van der Waals surface area contributed by atoms with E-state index in [2.05, 4.69) is 19.9 Å². The monoisotopic (exact) mass is 424 g/mol. The Morgan fingerprint density at radius 1 is 1.06 bits per heavy atom. The lowest BCUT2D eigenvalue weighted by Crippen LogP contribution is -2.54. The van der Waals surface area contributed by atoms with Crippen molar-refractivity contribution in [1.29, 1.82) is 0 Å². The molecule has 0 bridgehead atoms. The Morgan fingerprint density at radius 3 is 2.52 bits per heavy atom. The average Bonchev–Trinajstić information content (AvgIpc) is 3.13. The van der Waals surface area contributed by atoms with E-state index in [0.717, 1.165) is 36.8 Å². The number of allylic oxidation sites excluding steroid dienone is 3. The van der Waals surface area contributed by atoms with Crippen LogP contribution >= 0.6 is 0 Å². The van der Waals surface area contributed by atoms with Crippen molar-refractivity contribution in [2.24, 2.45) is 28.1 Å². The number of ether oxygens (including phenoxy) is 1. The molecule has 3 fully saturated rings. The van der Waals surface area contributed by atoms with Crippen molar-refractivity contribution in [3.8, 4) is 0 Å². The van der Waals surface area contributed by atoms with Gasteiger partial charge in [-0.2, -0.15) is 0 Å². The number of rotatable bonds is 2. The van der Waals surface area contributed by atoms with E-state index in [1.165, 1.54) is 0 Å². The van der Waals surface area contributed by atoms with E-state index >= 15 is 0 Å². The van der Waals surface area contributed by atoms with Crippen LogP contribution in [-0.4, -0.2) is 29.4 Å². The molecular weight excluding hydrogens is 392 g/mol. The SMILES string of the molecule is CC(C)OC(=O)C1=C2C3=CC[C@@]4(C)CCC(=O)C34CCC2C2(C)CCC(=O)CC2C1=O. The molecule has 0 heterocycles. The van der Waals surface area contributed by atoms with Crippen LogP contribution in [0.3, 0.4) is 0 Å². The van der Waals surface area contributed by atoms with Crippen molar-refractivity contribution in [3.63, 3.8) is 0 Å². The van der Waals surface area contributed by atoms with Crippen LogP contribution in [0.1, 0.15) is 79.1 Å². The molecule has 0 aromatic heterocycles. The number of carbonyl (C=O) groups is 4. The summed E-state index contributed by atoms with van der Waals surface area (Å²) >= 11 is 0. The number of Topliss-reactive ketones (excluding diaryl/α,β-unsaturated/α-hetero) is 3. The molecule has 5 rings (SSSR count). The topological polar surface area (TPSA) is 77.5 Å². The Bertz CT molecular complexity index is 984. The molecule has 0 radical (unpaired) electrons. The normalized spacial score (nSPS) is 41.6. The second kappa shape index (κ2) is 6.49. The van der Waals surface area contributed by atoms with Crippen LogP contribution < -0.4 is 0 Å². The Labute approximate surface area is 183 Å². The Balaban J connectivity index is 1.74. The van der Waals surface area contributed by atoms with Crippen LogP contribution in [0.15, 0.2) is 22.8 Å². The first kappa shape index (κ1) is 20.8. The van der Waals surface area contributed by atoms with Gasteiger partial charge in [0.05, 0.1) is 11.5 Å². The highest BCUT2D eigenvalue weighted by atomic mass is 16.5. The molecule has 3 saturated carbocycles. The van der Waals surface area contributed by atoms with E-state index in [-0.39, 0.29) is 52.2 Å². The molecule has 166 valence electrons. The van der Waals surface area contributed by atoms with Gasteiger partial charge in [-0.3, -0.25) is 14.4 Å². The first-order chi connectivity index (χ1) is 14.5. The lowest BCUT2D eigenvalue weighted by atomic mass is 9.46. The Morgan fingerprint density at radius 2 is 1.81 bits per heavy atom. The lowest BCUT2D eigenvalue weighted by Gasteiger charge is -2.55. The fourth-order valence-electron chi connectivity index (χ4n) is 7.73. The van der Waals surface area contributed by atoms with Gasteiger partial charge in [-0.15, -0.1) is 0 Å². The summed E-state index contributed by atoms with van der Waals surface area (Å²) in [6, 6.07) is 0. The minimum absolute atomic E-state index is 0.00522. The molecule has 5 atom stereocenters. The molecule has 0 saturated heterocycles. The summed E-state index contributed by atoms with van der Waals surface area (Å²) in [4.78, 5) is 52.7. The largest absolute Gasteiger partial charge is 0.459 e. The Kier molecular flexibility index (Phi) is 4.36. The summed E-state index contributed by atoms with van der Waals surface area (Å²) in [7, 11) is 0. The van der Waals surface area contributed by atoms with Gasteiger partial charge < -0.3 is 4.74 Å². The lowest BCUT2D eigenvalue weighted by molar-refractivity contribution is -0.149. The van der Waals surface area contributed by atoms with Crippen LogP contribution in [0.25, 0.3) is 0 Å². The van der Waals surface area contributed by atoms with Gasteiger partial charge in [-0.1, -0.05) is 19.9 Å². The van der Waals surface area contributed by atoms with E-state index in [9.17, 15) is 19.2 Å². The van der Waals surface area contributed by atoms with Gasteiger partial charge in [0, 0.05) is 25.2 Å². The van der Waals surface area contributed by atoms with Crippen LogP contribution in [0, 0.1) is 28.1 Å². The molecule has 0 N–H and O–H groups in total. The van der Waals surface area contributed by atoms with Crippen LogP contribution in [0.2, 0.25) is 0 Å². The third kappa shape index (κ3) is 2.49. The second-order valence-electron chi connectivity index (χ2n) is 11.2. The number of hydrogen-bond acceptors (Lipinski definition) is 5. The highest BCUT2D eigenvalue weighted by Gasteiger charge is 2.67. The third-order valence-corrected chi connectivity index (χ3v) is 9.42. The minimum atomic E-state index is -0.586. The van der Waals surface area contributed by atoms with Gasteiger partial charge in [0.25, 0.3) is 0 Å². The molecule has 5 heteroatoms. The van der Waals surface area contributed by atoms with Gasteiger partial charge in [0.15, 0.2) is 5.78 Å². The number of esters is 1. The van der Waals surface area contributed by atoms with Crippen LogP contribution in [-0.2, 0) is 23.9 Å². The molecule has 31 heavy (non-hydrogen) atoms. The molecule has 5 nitrogen and oxygen atoms in total. The van der Waals surface area contributed by atoms with Crippen molar-refractivity contribution in [2.45, 2.75) is 85.2 Å². The minimum Gasteiger partial charge on any atom is -0.459 e. The standard InChI is InChI=1S/C26H32O5/c1-14(2)31-23(30)21-20-16(25(4)11-5-15(27)13-18(25)22(21)29)7-12-26-17(20)6-9-24(26,3)10-8-19(26)28/h6,14,16,18H,5,7-13H2,1-4H3/t16?,18?,24-,25?,26?/m0/s1. The summed E-state index contributed by atoms with van der Waals surface area (Å²) in [6.07, 6.45) is 6.94. The molecule has 5 aliphatic rings. The van der Waals surface area contributed by atoms with E-state index in [4.69, 9.17) is 4.74 Å². The number of hydrogen-bond donors (Lipinski definition) is 0. The van der Waals surface area contributed by atoms with Crippen LogP contribution in [0.5, 0.6) is 0 Å². The van der Waals surface area contributed by atoms with Gasteiger partial charge in [0.2, 0.25) is 0 Å². The first-order valence-electron chi connectivity index (χ1n) is 11.8. The zero-order valence-electron chi connectivity index (χ0n) is 19.0. The maximum atomic E-state index is 13.8. The third-order valence-electron chi connectivity index (χ3n) is 9.42. The van der Waals surface area contributed by atoms with Gasteiger partial charge in [-0.25, -0.2) is 4.79 Å². The fourth-order valence-corrected chi connectivity index (χ4v) is 7.73. The molecule has 1 spiro atoms. The number of fused-ring (bicyclic) bond motifs is 4. The molecule has 0 aromatic rings. The summed E-state index contributed by atoms with van der Waals surface area (Å²) in [5, 5.41) is 0. The second-order valence-corrected chi connectivity index (χ2v) is 11.2. The highest BCUT2D eigenvalue weighted by Crippen LogP contribution is 2.71. The quantitative estimate of drug-likeness (QED) is 0.488. The van der Waals surface area contributed by atoms with Crippen molar-refractivity contribution < 1.29 is 23.9 Å². The molecule has 5 aliphatic carbocycles. The van der Waals surface area contributed by atoms with Crippen molar-refractivity contribution in [1.82, 2.24) is 0 Å². The summed E-state index contributed by atoms with van der Waals surface area (Å²) in [5.74, 6) is -0.937. The van der Waals surface area contributed by atoms with Gasteiger partial charge in [0.1, 0.15) is 17.1 Å². The maximum absolute atomic E-state index is 13.8. The van der Waals surface area contributed by atoms with E-state index in [1.807, 2.05) is 0 Å². The van der Waals surface area contributed by atoms with Crippen molar-refractivity contribution in [2.75, 3.05) is 0 Å². The maximum Gasteiger partial charge on any atom is 0.342 e. The smallest absolute Gasteiger partial charge is 0.342 e. The number of carbonyl (C=O) groups excluding carboxylic acids is 4. The zero-order chi connectivity index (χ0) is 22.3. The summed E-state index contributed by atoms with van der Waals surface area (Å²) < 4.78 is 5.54.